The van der Waals surface area contributed by atoms with Crippen molar-refractivity contribution in [2.75, 3.05) is 0 Å². The molecule has 1 saturated heterocycles. The standard InChI is InChI=1S/C27H40O8/c1-13(28)17-6-7-18-16-5-4-14-12-15(8-10-26(14,2)19(16)9-11-27(17,18)3)34-25-22(31)20(29)21(30)23(35-25)24(32)33/h4,15-23,25,29-31H,5-12H2,1-3H3,(H,32,33). The number of carbonyl (C=O) groups is 2. The highest BCUT2D eigenvalue weighted by Gasteiger charge is 2.59. The topological polar surface area (TPSA) is 134 Å². The van der Waals surface area contributed by atoms with Crippen molar-refractivity contribution in [2.45, 2.75) is 109 Å². The summed E-state index contributed by atoms with van der Waals surface area (Å²) >= 11 is 0. The number of aliphatic carboxylic acids is 1. The van der Waals surface area contributed by atoms with Crippen molar-refractivity contribution in [3.8, 4) is 0 Å². The summed E-state index contributed by atoms with van der Waals surface area (Å²) in [5.41, 5.74) is 1.56. The van der Waals surface area contributed by atoms with Gasteiger partial charge in [-0.15, -0.1) is 0 Å². The average Bonchev–Trinajstić information content (AvgIpc) is 3.17. The maximum absolute atomic E-state index is 12.4. The molecule has 8 nitrogen and oxygen atoms in total. The first-order valence-electron chi connectivity index (χ1n) is 13.2. The van der Waals surface area contributed by atoms with Gasteiger partial charge in [-0.3, -0.25) is 4.79 Å². The minimum Gasteiger partial charge on any atom is -0.479 e. The van der Waals surface area contributed by atoms with Crippen LogP contribution in [0, 0.1) is 34.5 Å². The second kappa shape index (κ2) is 8.91. The first-order chi connectivity index (χ1) is 16.5. The molecule has 0 aromatic carbocycles. The number of carboxylic acid groups (broad SMARTS) is 1. The van der Waals surface area contributed by atoms with Gasteiger partial charge in [0.05, 0.1) is 6.10 Å². The van der Waals surface area contributed by atoms with Gasteiger partial charge >= 0.3 is 5.97 Å². The number of aliphatic hydroxyl groups excluding tert-OH is 3. The van der Waals surface area contributed by atoms with E-state index in [1.165, 1.54) is 5.57 Å². The summed E-state index contributed by atoms with van der Waals surface area (Å²) in [5.74, 6) is 0.904. The van der Waals surface area contributed by atoms with Crippen LogP contribution < -0.4 is 0 Å². The third kappa shape index (κ3) is 3.91. The smallest absolute Gasteiger partial charge is 0.335 e. The fraction of sp³-hybridized carbons (Fsp3) is 0.852. The van der Waals surface area contributed by atoms with Gasteiger partial charge in [0, 0.05) is 5.92 Å². The number of ether oxygens (including phenoxy) is 2. The predicted octanol–water partition coefficient (Wildman–Crippen LogP) is 2.43. The van der Waals surface area contributed by atoms with E-state index in [1.54, 1.807) is 6.92 Å². The number of ketones is 1. The molecule has 0 bridgehead atoms. The maximum atomic E-state index is 12.4. The molecule has 4 aliphatic carbocycles. The van der Waals surface area contributed by atoms with Crippen molar-refractivity contribution in [1.82, 2.24) is 0 Å². The highest BCUT2D eigenvalue weighted by atomic mass is 16.7. The summed E-state index contributed by atoms with van der Waals surface area (Å²) in [6.07, 6.45) is 2.04. The average molecular weight is 493 g/mol. The molecule has 1 aliphatic heterocycles. The van der Waals surface area contributed by atoms with Crippen molar-refractivity contribution in [1.29, 1.82) is 0 Å². The zero-order chi connectivity index (χ0) is 25.3. The number of carbonyl (C=O) groups excluding carboxylic acids is 1. The summed E-state index contributed by atoms with van der Waals surface area (Å²) in [5, 5.41) is 39.7. The number of hydrogen-bond donors (Lipinski definition) is 4. The molecule has 1 heterocycles. The SMILES string of the molecule is CC(=O)C1CCC2C3CC=C4CC(OC5OC(C(=O)O)C(O)C(O)C5O)CCC4(C)C3CCC12C. The van der Waals surface area contributed by atoms with Gasteiger partial charge in [0.1, 0.15) is 24.1 Å². The third-order valence-electron chi connectivity index (χ3n) is 10.7. The van der Waals surface area contributed by atoms with Gasteiger partial charge in [-0.1, -0.05) is 25.5 Å². The van der Waals surface area contributed by atoms with Crippen LogP contribution in [0.15, 0.2) is 11.6 Å². The Morgan fingerprint density at radius 3 is 2.43 bits per heavy atom. The fourth-order valence-corrected chi connectivity index (χ4v) is 8.77. The highest BCUT2D eigenvalue weighted by molar-refractivity contribution is 5.79. The third-order valence-corrected chi connectivity index (χ3v) is 10.7. The Hall–Kier alpha value is -1.32. The van der Waals surface area contributed by atoms with Crippen molar-refractivity contribution in [2.24, 2.45) is 34.5 Å². The Bertz CT molecular complexity index is 902. The molecule has 0 aromatic heterocycles. The van der Waals surface area contributed by atoms with E-state index < -0.39 is 36.7 Å². The first kappa shape index (κ1) is 25.3. The largest absolute Gasteiger partial charge is 0.479 e. The van der Waals surface area contributed by atoms with Crippen LogP contribution in [0.25, 0.3) is 0 Å². The van der Waals surface area contributed by atoms with Gasteiger partial charge in [0.2, 0.25) is 0 Å². The van der Waals surface area contributed by atoms with Crippen molar-refractivity contribution in [3.05, 3.63) is 11.6 Å². The summed E-state index contributed by atoms with van der Waals surface area (Å²) in [6, 6.07) is 0. The molecule has 35 heavy (non-hydrogen) atoms. The van der Waals surface area contributed by atoms with Crippen LogP contribution in [0.5, 0.6) is 0 Å². The van der Waals surface area contributed by atoms with Gasteiger partial charge in [-0.2, -0.15) is 0 Å². The molecule has 196 valence electrons. The Kier molecular flexibility index (Phi) is 6.45. The van der Waals surface area contributed by atoms with E-state index in [0.29, 0.717) is 30.0 Å². The van der Waals surface area contributed by atoms with E-state index in [9.17, 15) is 30.0 Å². The lowest BCUT2D eigenvalue weighted by molar-refractivity contribution is -0.306. The zero-order valence-corrected chi connectivity index (χ0v) is 20.9. The molecular weight excluding hydrogens is 452 g/mol. The van der Waals surface area contributed by atoms with Crippen LogP contribution in [-0.4, -0.2) is 69.0 Å². The van der Waals surface area contributed by atoms with Gasteiger partial charge in [-0.05, 0) is 86.9 Å². The number of hydrogen-bond acceptors (Lipinski definition) is 7. The van der Waals surface area contributed by atoms with Crippen LogP contribution >= 0.6 is 0 Å². The second-order valence-corrected chi connectivity index (χ2v) is 12.3. The summed E-state index contributed by atoms with van der Waals surface area (Å²) in [4.78, 5) is 23.8. The molecule has 4 N–H and O–H groups in total. The molecule has 0 radical (unpaired) electrons. The number of rotatable bonds is 4. The van der Waals surface area contributed by atoms with Crippen LogP contribution in [0.1, 0.15) is 72.1 Å². The Morgan fingerprint density at radius 1 is 1.00 bits per heavy atom. The van der Waals surface area contributed by atoms with Crippen molar-refractivity contribution < 1.29 is 39.5 Å². The van der Waals surface area contributed by atoms with Crippen LogP contribution in [0.3, 0.4) is 0 Å². The fourth-order valence-electron chi connectivity index (χ4n) is 8.77. The van der Waals surface area contributed by atoms with Crippen LogP contribution in [0.2, 0.25) is 0 Å². The van der Waals surface area contributed by atoms with Gasteiger partial charge < -0.3 is 29.9 Å². The van der Waals surface area contributed by atoms with Crippen LogP contribution in [0.4, 0.5) is 0 Å². The number of aliphatic hydroxyl groups is 3. The molecular formula is C27H40O8. The van der Waals surface area contributed by atoms with Gasteiger partial charge in [0.15, 0.2) is 12.4 Å². The second-order valence-electron chi connectivity index (χ2n) is 12.3. The Morgan fingerprint density at radius 2 is 1.74 bits per heavy atom. The number of Topliss-reactive ketones (excluding diaryl/α,β-unsaturated/α-hetero) is 1. The Labute approximate surface area is 206 Å². The monoisotopic (exact) mass is 492 g/mol. The van der Waals surface area contributed by atoms with Crippen molar-refractivity contribution in [3.63, 3.8) is 0 Å². The molecule has 8 heteroatoms. The maximum Gasteiger partial charge on any atom is 0.335 e. The number of allylic oxidation sites excluding steroid dienone is 1. The molecule has 5 rings (SSSR count). The molecule has 0 amide bonds. The lowest BCUT2D eigenvalue weighted by atomic mass is 9.47. The molecule has 5 aliphatic rings. The lowest BCUT2D eigenvalue weighted by Crippen LogP contribution is -2.61. The van der Waals surface area contributed by atoms with E-state index in [2.05, 4.69) is 19.9 Å². The lowest BCUT2D eigenvalue weighted by Gasteiger charge is -2.58. The summed E-state index contributed by atoms with van der Waals surface area (Å²) < 4.78 is 11.4. The first-order valence-corrected chi connectivity index (χ1v) is 13.2. The minimum atomic E-state index is -1.72. The summed E-state index contributed by atoms with van der Waals surface area (Å²) in [6.45, 7) is 6.49. The molecule has 0 spiro atoms. The van der Waals surface area contributed by atoms with Crippen LogP contribution in [-0.2, 0) is 19.1 Å². The van der Waals surface area contributed by atoms with E-state index in [4.69, 9.17) is 9.47 Å². The Balaban J connectivity index is 1.30. The molecule has 12 atom stereocenters. The minimum absolute atomic E-state index is 0.0732. The van der Waals surface area contributed by atoms with Gasteiger partial charge in [-0.25, -0.2) is 4.79 Å². The van der Waals surface area contributed by atoms with E-state index >= 15 is 0 Å². The van der Waals surface area contributed by atoms with Crippen molar-refractivity contribution >= 4 is 11.8 Å². The highest BCUT2D eigenvalue weighted by Crippen LogP contribution is 2.66. The number of fused-ring (bicyclic) bond motifs is 5. The van der Waals surface area contributed by atoms with E-state index in [1.807, 2.05) is 0 Å². The zero-order valence-electron chi connectivity index (χ0n) is 20.9. The molecule has 3 saturated carbocycles. The van der Waals surface area contributed by atoms with E-state index in [0.717, 1.165) is 44.9 Å². The van der Waals surface area contributed by atoms with E-state index in [-0.39, 0.29) is 22.9 Å². The summed E-state index contributed by atoms with van der Waals surface area (Å²) in [7, 11) is 0. The predicted molar refractivity (Wildman–Crippen MR) is 125 cm³/mol. The van der Waals surface area contributed by atoms with Gasteiger partial charge in [0.25, 0.3) is 0 Å². The molecule has 4 fully saturated rings. The molecule has 12 unspecified atom stereocenters. The number of carboxylic acids is 1. The molecule has 0 aromatic rings. The normalized spacial score (nSPS) is 51.5. The quantitative estimate of drug-likeness (QED) is 0.440.